The van der Waals surface area contributed by atoms with Gasteiger partial charge in [-0.25, -0.2) is 4.98 Å². The number of allylic oxidation sites excluding steroid dienone is 1. The molecule has 0 aliphatic heterocycles. The highest BCUT2D eigenvalue weighted by Gasteiger charge is 2.30. The number of nitriles is 1. The molecule has 3 rings (SSSR count). The van der Waals surface area contributed by atoms with Crippen molar-refractivity contribution in [2.45, 2.75) is 13.1 Å². The summed E-state index contributed by atoms with van der Waals surface area (Å²) in [5.74, 6) is 0.259. The Hall–Kier alpha value is -3.05. The van der Waals surface area contributed by atoms with Crippen molar-refractivity contribution in [1.29, 1.82) is 5.26 Å². The van der Waals surface area contributed by atoms with E-state index in [9.17, 15) is 23.5 Å². The van der Waals surface area contributed by atoms with E-state index in [2.05, 4.69) is 4.98 Å². The lowest BCUT2D eigenvalue weighted by Gasteiger charge is -2.06. The summed E-state index contributed by atoms with van der Waals surface area (Å²) < 4.78 is 44.4. The minimum absolute atomic E-state index is 0.0211. The van der Waals surface area contributed by atoms with Gasteiger partial charge in [0.25, 0.3) is 0 Å². The zero-order valence-electron chi connectivity index (χ0n) is 14.0. The Bertz CT molecular complexity index is 1060. The van der Waals surface area contributed by atoms with Crippen molar-refractivity contribution in [2.24, 2.45) is 0 Å². The molecule has 1 N–H and O–H groups in total. The summed E-state index contributed by atoms with van der Waals surface area (Å²) in [7, 11) is 0. The van der Waals surface area contributed by atoms with Gasteiger partial charge < -0.3 is 9.84 Å². The van der Waals surface area contributed by atoms with Gasteiger partial charge in [-0.2, -0.15) is 18.4 Å². The van der Waals surface area contributed by atoms with Gasteiger partial charge in [-0.05, 0) is 48.9 Å². The molecular weight excluding hydrogens is 377 g/mol. The molecule has 2 aromatic carbocycles. The number of rotatable bonds is 4. The van der Waals surface area contributed by atoms with Crippen LogP contribution in [0.3, 0.4) is 0 Å². The van der Waals surface area contributed by atoms with E-state index < -0.39 is 11.7 Å². The molecule has 0 spiro atoms. The Morgan fingerprint density at radius 2 is 2.07 bits per heavy atom. The number of benzene rings is 2. The van der Waals surface area contributed by atoms with E-state index in [1.54, 1.807) is 25.1 Å². The van der Waals surface area contributed by atoms with Crippen molar-refractivity contribution in [1.82, 2.24) is 4.98 Å². The number of hydrogen-bond donors (Lipinski definition) is 1. The average Bonchev–Trinajstić information content (AvgIpc) is 3.04. The highest BCUT2D eigenvalue weighted by molar-refractivity contribution is 7.19. The van der Waals surface area contributed by atoms with Gasteiger partial charge in [-0.1, -0.05) is 6.07 Å². The zero-order chi connectivity index (χ0) is 19.6. The van der Waals surface area contributed by atoms with Gasteiger partial charge in [0, 0.05) is 0 Å². The Morgan fingerprint density at radius 1 is 1.30 bits per heavy atom. The summed E-state index contributed by atoms with van der Waals surface area (Å²) in [5.41, 5.74) is 0.210. The van der Waals surface area contributed by atoms with E-state index in [-0.39, 0.29) is 22.6 Å². The third kappa shape index (κ3) is 4.04. The molecule has 8 heteroatoms. The SMILES string of the molecule is CCOc1cc(/C=C(\C#N)c2nc3cc(C(F)(F)F)ccc3s2)ccc1O. The van der Waals surface area contributed by atoms with Crippen LogP contribution in [0.5, 0.6) is 11.5 Å². The van der Waals surface area contributed by atoms with E-state index in [1.807, 2.05) is 6.07 Å². The number of nitrogens with zero attached hydrogens (tertiary/aromatic N) is 2. The monoisotopic (exact) mass is 390 g/mol. The molecule has 1 heterocycles. The summed E-state index contributed by atoms with van der Waals surface area (Å²) in [6, 6.07) is 9.96. The lowest BCUT2D eigenvalue weighted by Crippen LogP contribution is -2.03. The topological polar surface area (TPSA) is 66.1 Å². The summed E-state index contributed by atoms with van der Waals surface area (Å²) in [6.07, 6.45) is -2.90. The summed E-state index contributed by atoms with van der Waals surface area (Å²) in [4.78, 5) is 4.18. The predicted molar refractivity (Wildman–Crippen MR) is 97.4 cm³/mol. The second-order valence-corrected chi connectivity index (χ2v) is 6.56. The van der Waals surface area contributed by atoms with Gasteiger partial charge in [0.15, 0.2) is 11.5 Å². The molecule has 4 nitrogen and oxygen atoms in total. The van der Waals surface area contributed by atoms with Crippen LogP contribution in [0.25, 0.3) is 21.9 Å². The number of phenolic OH excluding ortho intramolecular Hbond substituents is 1. The molecule has 0 radical (unpaired) electrons. The molecule has 0 saturated heterocycles. The van der Waals surface area contributed by atoms with E-state index in [1.165, 1.54) is 12.1 Å². The third-order valence-electron chi connectivity index (χ3n) is 3.66. The van der Waals surface area contributed by atoms with Gasteiger partial charge in [0.05, 0.1) is 28.0 Å². The fraction of sp³-hybridized carbons (Fsp3) is 0.158. The Balaban J connectivity index is 2.02. The minimum Gasteiger partial charge on any atom is -0.504 e. The molecule has 3 aromatic rings. The van der Waals surface area contributed by atoms with E-state index >= 15 is 0 Å². The zero-order valence-corrected chi connectivity index (χ0v) is 14.9. The lowest BCUT2D eigenvalue weighted by molar-refractivity contribution is -0.137. The first kappa shape index (κ1) is 18.7. The minimum atomic E-state index is -4.45. The summed E-state index contributed by atoms with van der Waals surface area (Å²) in [5, 5.41) is 19.5. The lowest BCUT2D eigenvalue weighted by atomic mass is 10.1. The van der Waals surface area contributed by atoms with Crippen LogP contribution in [-0.4, -0.2) is 16.7 Å². The van der Waals surface area contributed by atoms with E-state index in [0.717, 1.165) is 23.5 Å². The largest absolute Gasteiger partial charge is 0.504 e. The Kier molecular flexibility index (Phi) is 5.06. The van der Waals surface area contributed by atoms with Crippen molar-refractivity contribution in [3.05, 3.63) is 52.5 Å². The summed E-state index contributed by atoms with van der Waals surface area (Å²) in [6.45, 7) is 2.14. The molecule has 27 heavy (non-hydrogen) atoms. The Morgan fingerprint density at radius 3 is 2.74 bits per heavy atom. The third-order valence-corrected chi connectivity index (χ3v) is 4.73. The van der Waals surface area contributed by atoms with Crippen molar-refractivity contribution in [2.75, 3.05) is 6.61 Å². The van der Waals surface area contributed by atoms with Gasteiger partial charge >= 0.3 is 6.18 Å². The number of ether oxygens (including phenoxy) is 1. The van der Waals surface area contributed by atoms with Crippen LogP contribution >= 0.6 is 11.3 Å². The first-order valence-corrected chi connectivity index (χ1v) is 8.69. The van der Waals surface area contributed by atoms with E-state index in [0.29, 0.717) is 21.9 Å². The van der Waals surface area contributed by atoms with Crippen LogP contribution in [0.4, 0.5) is 13.2 Å². The van der Waals surface area contributed by atoms with Gasteiger partial charge in [0.2, 0.25) is 0 Å². The second-order valence-electron chi connectivity index (χ2n) is 5.53. The van der Waals surface area contributed by atoms with Gasteiger partial charge in [0.1, 0.15) is 11.1 Å². The molecule has 1 aromatic heterocycles. The maximum absolute atomic E-state index is 12.8. The fourth-order valence-electron chi connectivity index (χ4n) is 2.42. The number of halogens is 3. The highest BCUT2D eigenvalue weighted by atomic mass is 32.1. The van der Waals surface area contributed by atoms with Crippen LogP contribution < -0.4 is 4.74 Å². The van der Waals surface area contributed by atoms with Crippen molar-refractivity contribution >= 4 is 33.2 Å². The maximum Gasteiger partial charge on any atom is 0.416 e. The number of fused-ring (bicyclic) bond motifs is 1. The number of hydrogen-bond acceptors (Lipinski definition) is 5. The van der Waals surface area contributed by atoms with Crippen molar-refractivity contribution in [3.63, 3.8) is 0 Å². The number of alkyl halides is 3. The molecule has 0 saturated carbocycles. The molecule has 0 bridgehead atoms. The number of thiazole rings is 1. The quantitative estimate of drug-likeness (QED) is 0.599. The van der Waals surface area contributed by atoms with Gasteiger partial charge in [-0.3, -0.25) is 0 Å². The second kappa shape index (κ2) is 7.29. The molecule has 0 fully saturated rings. The van der Waals surface area contributed by atoms with E-state index in [4.69, 9.17) is 4.74 Å². The number of aromatic nitrogens is 1. The van der Waals surface area contributed by atoms with Crippen LogP contribution in [0.2, 0.25) is 0 Å². The Labute approximate surface area is 156 Å². The van der Waals surface area contributed by atoms with Crippen LogP contribution in [0.15, 0.2) is 36.4 Å². The average molecular weight is 390 g/mol. The number of phenols is 1. The summed E-state index contributed by atoms with van der Waals surface area (Å²) >= 11 is 1.14. The van der Waals surface area contributed by atoms with Crippen molar-refractivity contribution in [3.8, 4) is 17.6 Å². The molecule has 0 amide bonds. The molecule has 0 aliphatic carbocycles. The van der Waals surface area contributed by atoms with Crippen LogP contribution in [0.1, 0.15) is 23.1 Å². The maximum atomic E-state index is 12.8. The first-order valence-electron chi connectivity index (χ1n) is 7.87. The predicted octanol–water partition coefficient (Wildman–Crippen LogP) is 5.48. The normalized spacial score (nSPS) is 12.2. The highest BCUT2D eigenvalue weighted by Crippen LogP contribution is 2.35. The van der Waals surface area contributed by atoms with Crippen molar-refractivity contribution < 1.29 is 23.0 Å². The molecular formula is C19H13F3N2O2S. The fourth-order valence-corrected chi connectivity index (χ4v) is 3.33. The van der Waals surface area contributed by atoms with Crippen LogP contribution in [-0.2, 0) is 6.18 Å². The molecule has 138 valence electrons. The number of aromatic hydroxyl groups is 1. The van der Waals surface area contributed by atoms with Gasteiger partial charge in [-0.15, -0.1) is 11.3 Å². The standard InChI is InChI=1S/C19H13F3N2O2S/c1-2-26-16-8-11(3-5-15(16)25)7-12(10-23)18-24-14-9-13(19(20,21)22)4-6-17(14)27-18/h3-9,25H,2H2,1H3/b12-7+. The smallest absolute Gasteiger partial charge is 0.416 e. The molecule has 0 aliphatic rings. The van der Waals surface area contributed by atoms with Crippen LogP contribution in [0, 0.1) is 11.3 Å². The molecule has 0 unspecified atom stereocenters. The first-order chi connectivity index (χ1) is 12.8. The molecule has 0 atom stereocenters.